The van der Waals surface area contributed by atoms with Gasteiger partial charge in [-0.3, -0.25) is 0 Å². The van der Waals surface area contributed by atoms with Crippen molar-refractivity contribution in [1.82, 2.24) is 15.0 Å². The summed E-state index contributed by atoms with van der Waals surface area (Å²) >= 11 is 6.66. The first-order chi connectivity index (χ1) is 6.08. The molecule has 1 N–H and O–H groups in total. The molecule has 0 saturated heterocycles. The highest BCUT2D eigenvalue weighted by molar-refractivity contribution is 7.09. The predicted molar refractivity (Wildman–Crippen MR) is 44.8 cm³/mol. The van der Waals surface area contributed by atoms with Crippen LogP contribution in [0.2, 0.25) is 0 Å². The largest absolute Gasteiger partial charge is 0.252 e. The van der Waals surface area contributed by atoms with E-state index in [4.69, 9.17) is 11.8 Å². The Labute approximate surface area is 82.2 Å². The Balaban J connectivity index is 2.21. The average molecular weight is 226 g/mol. The van der Waals surface area contributed by atoms with Crippen LogP contribution in [-0.4, -0.2) is 16.1 Å². The number of alkyl halides is 2. The van der Waals surface area contributed by atoms with Crippen molar-refractivity contribution in [3.63, 3.8) is 0 Å². The fourth-order valence-electron chi connectivity index (χ4n) is 1.47. The van der Waals surface area contributed by atoms with Crippen LogP contribution in [0.1, 0.15) is 17.8 Å². The normalized spacial score (nSPS) is 23.9. The van der Waals surface area contributed by atoms with Crippen LogP contribution in [-0.2, 0) is 5.54 Å². The van der Waals surface area contributed by atoms with E-state index in [2.05, 4.69) is 15.0 Å². The molecule has 1 aromatic heterocycles. The second-order valence-electron chi connectivity index (χ2n) is 3.13. The van der Waals surface area contributed by atoms with Crippen molar-refractivity contribution >= 4 is 23.1 Å². The molecule has 1 saturated carbocycles. The SMILES string of the molecule is FC1(F)CC(NCl)(c2nncs2)C1. The summed E-state index contributed by atoms with van der Waals surface area (Å²) in [5, 5.41) is 7.85. The van der Waals surface area contributed by atoms with Gasteiger partial charge in [0.1, 0.15) is 10.5 Å². The summed E-state index contributed by atoms with van der Waals surface area (Å²) in [4.78, 5) is 2.37. The van der Waals surface area contributed by atoms with Crippen molar-refractivity contribution in [3.8, 4) is 0 Å². The number of nitrogens with zero attached hydrogens (tertiary/aromatic N) is 2. The lowest BCUT2D eigenvalue weighted by atomic mass is 9.75. The summed E-state index contributed by atoms with van der Waals surface area (Å²) in [6.45, 7) is 0. The Morgan fingerprint density at radius 3 is 2.62 bits per heavy atom. The molecule has 1 aromatic rings. The zero-order valence-corrected chi connectivity index (χ0v) is 8.00. The van der Waals surface area contributed by atoms with Gasteiger partial charge in [0.25, 0.3) is 5.92 Å². The van der Waals surface area contributed by atoms with Gasteiger partial charge in [-0.05, 0) is 11.8 Å². The second-order valence-corrected chi connectivity index (χ2v) is 4.15. The third-order valence-electron chi connectivity index (χ3n) is 2.07. The monoisotopic (exact) mass is 225 g/mol. The summed E-state index contributed by atoms with van der Waals surface area (Å²) in [7, 11) is 0. The summed E-state index contributed by atoms with van der Waals surface area (Å²) in [6.07, 6.45) is -0.614. The molecule has 1 aliphatic rings. The Morgan fingerprint density at radius 2 is 2.23 bits per heavy atom. The average Bonchev–Trinajstić information content (AvgIpc) is 2.51. The summed E-state index contributed by atoms with van der Waals surface area (Å²) in [5.74, 6) is -2.63. The van der Waals surface area contributed by atoms with Crippen LogP contribution in [0.25, 0.3) is 0 Å². The lowest BCUT2D eigenvalue weighted by Gasteiger charge is -2.44. The van der Waals surface area contributed by atoms with Gasteiger partial charge in [0, 0.05) is 12.8 Å². The van der Waals surface area contributed by atoms with Crippen LogP contribution < -0.4 is 4.84 Å². The molecule has 1 heterocycles. The summed E-state index contributed by atoms with van der Waals surface area (Å²) in [5.41, 5.74) is 0.633. The number of aromatic nitrogens is 2. The predicted octanol–water partition coefficient (Wildman–Crippen LogP) is 1.91. The van der Waals surface area contributed by atoms with Gasteiger partial charge in [-0.2, -0.15) is 0 Å². The van der Waals surface area contributed by atoms with Gasteiger partial charge in [0.2, 0.25) is 0 Å². The van der Waals surface area contributed by atoms with E-state index in [0.29, 0.717) is 5.01 Å². The molecule has 0 amide bonds. The molecule has 0 radical (unpaired) electrons. The van der Waals surface area contributed by atoms with E-state index in [1.807, 2.05) is 0 Å². The maximum absolute atomic E-state index is 12.7. The maximum Gasteiger partial charge on any atom is 0.252 e. The topological polar surface area (TPSA) is 37.8 Å². The van der Waals surface area contributed by atoms with Gasteiger partial charge < -0.3 is 0 Å². The zero-order chi connectivity index (χ0) is 9.53. The van der Waals surface area contributed by atoms with Crippen LogP contribution in [0.4, 0.5) is 8.78 Å². The summed E-state index contributed by atoms with van der Waals surface area (Å²) in [6, 6.07) is 0. The highest BCUT2D eigenvalue weighted by Gasteiger charge is 2.59. The highest BCUT2D eigenvalue weighted by atomic mass is 35.5. The minimum atomic E-state index is -2.63. The second kappa shape index (κ2) is 2.83. The van der Waals surface area contributed by atoms with E-state index in [0.717, 1.165) is 0 Å². The van der Waals surface area contributed by atoms with E-state index in [1.165, 1.54) is 16.8 Å². The van der Waals surface area contributed by atoms with Crippen LogP contribution in [0, 0.1) is 0 Å². The van der Waals surface area contributed by atoms with Crippen LogP contribution in [0.15, 0.2) is 5.51 Å². The van der Waals surface area contributed by atoms with Crippen LogP contribution >= 0.6 is 23.1 Å². The zero-order valence-electron chi connectivity index (χ0n) is 6.43. The first kappa shape index (κ1) is 9.23. The highest BCUT2D eigenvalue weighted by Crippen LogP contribution is 2.52. The van der Waals surface area contributed by atoms with E-state index in [-0.39, 0.29) is 12.8 Å². The fourth-order valence-corrected chi connectivity index (χ4v) is 2.46. The lowest BCUT2D eigenvalue weighted by molar-refractivity contribution is -0.130. The smallest absolute Gasteiger partial charge is 0.220 e. The van der Waals surface area contributed by atoms with Crippen molar-refractivity contribution in [2.75, 3.05) is 0 Å². The molecule has 0 spiro atoms. The van der Waals surface area contributed by atoms with Crippen molar-refractivity contribution in [3.05, 3.63) is 10.5 Å². The number of hydrogen-bond donors (Lipinski definition) is 1. The molecule has 0 bridgehead atoms. The number of nitrogens with one attached hydrogen (secondary N) is 1. The molecule has 13 heavy (non-hydrogen) atoms. The van der Waals surface area contributed by atoms with Gasteiger partial charge >= 0.3 is 0 Å². The Hall–Kier alpha value is -0.330. The van der Waals surface area contributed by atoms with Gasteiger partial charge in [0.15, 0.2) is 0 Å². The minimum absolute atomic E-state index is 0.307. The molecule has 7 heteroatoms. The Bertz CT molecular complexity index is 295. The molecule has 0 aromatic carbocycles. The molecule has 0 unspecified atom stereocenters. The summed E-state index contributed by atoms with van der Waals surface area (Å²) < 4.78 is 25.3. The molecule has 0 aliphatic heterocycles. The molecule has 72 valence electrons. The number of hydrogen-bond acceptors (Lipinski definition) is 4. The number of rotatable bonds is 2. The standard InChI is InChI=1S/C6H6ClF2N3S/c7-12-5(1-6(8,9)2-5)4-11-10-3-13-4/h3,12H,1-2H2. The molecular formula is C6H6ClF2N3S. The van der Waals surface area contributed by atoms with Gasteiger partial charge in [-0.15, -0.1) is 21.5 Å². The third kappa shape index (κ3) is 1.43. The molecule has 1 fully saturated rings. The Kier molecular flexibility index (Phi) is 2.01. The number of halogens is 3. The van der Waals surface area contributed by atoms with Gasteiger partial charge in [0.05, 0.1) is 5.54 Å². The third-order valence-corrected chi connectivity index (χ3v) is 3.33. The van der Waals surface area contributed by atoms with Crippen molar-refractivity contribution < 1.29 is 8.78 Å². The van der Waals surface area contributed by atoms with E-state index in [9.17, 15) is 8.78 Å². The van der Waals surface area contributed by atoms with Crippen molar-refractivity contribution in [2.24, 2.45) is 0 Å². The molecule has 2 rings (SSSR count). The molecule has 1 aliphatic carbocycles. The fraction of sp³-hybridized carbons (Fsp3) is 0.667. The molecule has 3 nitrogen and oxygen atoms in total. The first-order valence-electron chi connectivity index (χ1n) is 3.60. The van der Waals surface area contributed by atoms with Gasteiger partial charge in [-0.25, -0.2) is 13.6 Å². The van der Waals surface area contributed by atoms with Crippen LogP contribution in [0.3, 0.4) is 0 Å². The molecule has 0 atom stereocenters. The van der Waals surface area contributed by atoms with E-state index < -0.39 is 11.5 Å². The van der Waals surface area contributed by atoms with Crippen molar-refractivity contribution in [1.29, 1.82) is 0 Å². The van der Waals surface area contributed by atoms with Gasteiger partial charge in [-0.1, -0.05) is 0 Å². The maximum atomic E-state index is 12.7. The van der Waals surface area contributed by atoms with E-state index in [1.54, 1.807) is 0 Å². The van der Waals surface area contributed by atoms with E-state index >= 15 is 0 Å². The Morgan fingerprint density at radius 1 is 1.54 bits per heavy atom. The minimum Gasteiger partial charge on any atom is -0.220 e. The van der Waals surface area contributed by atoms with Crippen LogP contribution in [0.5, 0.6) is 0 Å². The van der Waals surface area contributed by atoms with Crippen molar-refractivity contribution in [2.45, 2.75) is 24.3 Å². The lowest BCUT2D eigenvalue weighted by Crippen LogP contribution is -2.55. The molecular weight excluding hydrogens is 220 g/mol. The quantitative estimate of drug-likeness (QED) is 0.782. The first-order valence-corrected chi connectivity index (χ1v) is 4.86.